The first-order chi connectivity index (χ1) is 11.8. The Hall–Kier alpha value is -2.61. The van der Waals surface area contributed by atoms with E-state index in [1.165, 1.54) is 16.2 Å². The molecule has 2 aromatic rings. The maximum Gasteiger partial charge on any atom is 0.323 e. The summed E-state index contributed by atoms with van der Waals surface area (Å²) in [5.41, 5.74) is 1.89. The van der Waals surface area contributed by atoms with Gasteiger partial charge in [0.25, 0.3) is 0 Å². The second-order valence-electron chi connectivity index (χ2n) is 5.86. The normalized spacial score (nSPS) is 11.8. The summed E-state index contributed by atoms with van der Waals surface area (Å²) >= 11 is 1.54. The quantitative estimate of drug-likeness (QED) is 0.701. The number of hydrogen-bond acceptors (Lipinski definition) is 5. The molecule has 0 bridgehead atoms. The summed E-state index contributed by atoms with van der Waals surface area (Å²) in [7, 11) is 1.59. The summed E-state index contributed by atoms with van der Waals surface area (Å²) in [4.78, 5) is 28.2. The van der Waals surface area contributed by atoms with E-state index in [2.05, 4.69) is 17.2 Å². The van der Waals surface area contributed by atoms with Gasteiger partial charge in [0, 0.05) is 18.3 Å². The summed E-state index contributed by atoms with van der Waals surface area (Å²) in [6, 6.07) is 6.66. The average Bonchev–Trinajstić information content (AvgIpc) is 3.03. The van der Waals surface area contributed by atoms with Crippen LogP contribution < -0.4 is 5.32 Å². The predicted molar refractivity (Wildman–Crippen MR) is 94.8 cm³/mol. The maximum atomic E-state index is 11.8. The van der Waals surface area contributed by atoms with E-state index in [1.54, 1.807) is 19.2 Å². The highest BCUT2D eigenvalue weighted by Crippen LogP contribution is 2.25. The molecule has 1 aromatic carbocycles. The number of rotatable bonds is 7. The Bertz CT molecular complexity index is 730. The van der Waals surface area contributed by atoms with Gasteiger partial charge >= 0.3 is 12.0 Å². The van der Waals surface area contributed by atoms with E-state index in [0.29, 0.717) is 6.54 Å². The van der Waals surface area contributed by atoms with Crippen LogP contribution in [-0.2, 0) is 17.8 Å². The topological polar surface area (TPSA) is 103 Å². The molecule has 2 rings (SSSR count). The number of phenolic OH excluding ortho intramolecular Hbond substituents is 1. The van der Waals surface area contributed by atoms with Gasteiger partial charge in [0.15, 0.2) is 0 Å². The van der Waals surface area contributed by atoms with Crippen LogP contribution in [0.2, 0.25) is 0 Å². The van der Waals surface area contributed by atoms with E-state index in [4.69, 9.17) is 5.11 Å². The molecule has 3 N–H and O–H groups in total. The fourth-order valence-corrected chi connectivity index (χ4v) is 3.17. The van der Waals surface area contributed by atoms with Crippen LogP contribution in [-0.4, -0.2) is 45.7 Å². The first-order valence-electron chi connectivity index (χ1n) is 7.78. The molecule has 1 aromatic heterocycles. The number of nitrogens with one attached hydrogen (secondary N) is 1. The lowest BCUT2D eigenvalue weighted by atomic mass is 10.0. The number of carbonyl (C=O) groups excluding carboxylic acids is 1. The number of phenols is 1. The Morgan fingerprint density at radius 2 is 2.00 bits per heavy atom. The van der Waals surface area contributed by atoms with Crippen molar-refractivity contribution in [3.8, 4) is 5.75 Å². The molecule has 8 heteroatoms. The molecule has 7 nitrogen and oxygen atoms in total. The zero-order valence-electron chi connectivity index (χ0n) is 14.1. The number of nitrogens with zero attached hydrogens (tertiary/aromatic N) is 2. The number of thiazole rings is 1. The summed E-state index contributed by atoms with van der Waals surface area (Å²) in [5.74, 6) is -0.618. The minimum Gasteiger partial charge on any atom is -0.508 e. The number of aliphatic carboxylic acids is 1. The Labute approximate surface area is 149 Å². The van der Waals surface area contributed by atoms with E-state index < -0.39 is 18.5 Å². The van der Waals surface area contributed by atoms with Crippen molar-refractivity contribution in [2.45, 2.75) is 25.8 Å². The first kappa shape index (κ1) is 18.7. The summed E-state index contributed by atoms with van der Waals surface area (Å²) < 4.78 is 0. The fourth-order valence-electron chi connectivity index (χ4n) is 2.30. The lowest BCUT2D eigenvalue weighted by Gasteiger charge is -2.16. The van der Waals surface area contributed by atoms with Crippen molar-refractivity contribution >= 4 is 23.3 Å². The monoisotopic (exact) mass is 363 g/mol. The SMILES string of the molecule is CC(Cc1ccc(O)cc1)c1nc(CN(C)C(=O)NCC(=O)O)cs1. The van der Waals surface area contributed by atoms with E-state index in [9.17, 15) is 14.7 Å². The average molecular weight is 363 g/mol. The second-order valence-corrected chi connectivity index (χ2v) is 6.75. The van der Waals surface area contributed by atoms with Gasteiger partial charge in [-0.2, -0.15) is 0 Å². The Morgan fingerprint density at radius 3 is 2.64 bits per heavy atom. The molecule has 0 aliphatic carbocycles. The largest absolute Gasteiger partial charge is 0.508 e. The standard InChI is InChI=1S/C17H21N3O4S/c1-11(7-12-3-5-14(21)6-4-12)16-19-13(10-25-16)9-20(2)17(24)18-8-15(22)23/h3-6,10-11,21H,7-9H2,1-2H3,(H,18,24)(H,22,23). The number of carboxylic acids is 1. The van der Waals surface area contributed by atoms with Crippen LogP contribution in [0.3, 0.4) is 0 Å². The third kappa shape index (κ3) is 5.75. The highest BCUT2D eigenvalue weighted by molar-refractivity contribution is 7.09. The van der Waals surface area contributed by atoms with Gasteiger partial charge in [0.1, 0.15) is 12.3 Å². The van der Waals surface area contributed by atoms with Crippen LogP contribution in [0.15, 0.2) is 29.6 Å². The van der Waals surface area contributed by atoms with Gasteiger partial charge in [-0.1, -0.05) is 19.1 Å². The van der Waals surface area contributed by atoms with Crippen LogP contribution in [0.5, 0.6) is 5.75 Å². The van der Waals surface area contributed by atoms with Crippen molar-refractivity contribution in [2.75, 3.05) is 13.6 Å². The lowest BCUT2D eigenvalue weighted by Crippen LogP contribution is -2.39. The van der Waals surface area contributed by atoms with Crippen molar-refractivity contribution in [1.29, 1.82) is 0 Å². The molecule has 0 radical (unpaired) electrons. The smallest absolute Gasteiger partial charge is 0.323 e. The molecular formula is C17H21N3O4S. The lowest BCUT2D eigenvalue weighted by molar-refractivity contribution is -0.135. The molecular weight excluding hydrogens is 342 g/mol. The predicted octanol–water partition coefficient (Wildman–Crippen LogP) is 2.42. The zero-order valence-corrected chi connectivity index (χ0v) is 14.9. The number of benzene rings is 1. The molecule has 0 fully saturated rings. The van der Waals surface area contributed by atoms with Gasteiger partial charge in [-0.15, -0.1) is 11.3 Å². The van der Waals surface area contributed by atoms with E-state index in [1.807, 2.05) is 17.5 Å². The number of aromatic hydroxyl groups is 1. The van der Waals surface area contributed by atoms with Crippen LogP contribution in [0.25, 0.3) is 0 Å². The van der Waals surface area contributed by atoms with E-state index in [0.717, 1.165) is 22.7 Å². The third-order valence-corrected chi connectivity index (χ3v) is 4.73. The van der Waals surface area contributed by atoms with Gasteiger partial charge in [-0.05, 0) is 24.1 Å². The van der Waals surface area contributed by atoms with Crippen molar-refractivity contribution in [3.63, 3.8) is 0 Å². The van der Waals surface area contributed by atoms with Gasteiger partial charge < -0.3 is 20.4 Å². The minimum atomic E-state index is -1.08. The number of carboxylic acid groups (broad SMARTS) is 1. The number of aromatic nitrogens is 1. The molecule has 1 atom stereocenters. The molecule has 0 aliphatic rings. The Balaban J connectivity index is 1.91. The molecule has 0 spiro atoms. The van der Waals surface area contributed by atoms with Crippen molar-refractivity contribution in [3.05, 3.63) is 45.9 Å². The second kappa shape index (κ2) is 8.48. The Morgan fingerprint density at radius 1 is 1.32 bits per heavy atom. The van der Waals surface area contributed by atoms with Crippen molar-refractivity contribution < 1.29 is 19.8 Å². The van der Waals surface area contributed by atoms with Gasteiger partial charge in [0.05, 0.1) is 17.2 Å². The molecule has 0 saturated heterocycles. The third-order valence-electron chi connectivity index (χ3n) is 3.61. The van der Waals surface area contributed by atoms with Crippen molar-refractivity contribution in [1.82, 2.24) is 15.2 Å². The van der Waals surface area contributed by atoms with Crippen LogP contribution in [0, 0.1) is 0 Å². The minimum absolute atomic E-state index is 0.217. The molecule has 2 amide bonds. The first-order valence-corrected chi connectivity index (χ1v) is 8.66. The van der Waals surface area contributed by atoms with Crippen LogP contribution >= 0.6 is 11.3 Å². The number of carbonyl (C=O) groups is 2. The highest BCUT2D eigenvalue weighted by atomic mass is 32.1. The molecule has 134 valence electrons. The van der Waals surface area contributed by atoms with Gasteiger partial charge in [-0.3, -0.25) is 4.79 Å². The van der Waals surface area contributed by atoms with E-state index in [-0.39, 0.29) is 11.7 Å². The number of urea groups is 1. The number of amides is 2. The zero-order chi connectivity index (χ0) is 18.4. The van der Waals surface area contributed by atoms with Gasteiger partial charge in [0.2, 0.25) is 0 Å². The van der Waals surface area contributed by atoms with Gasteiger partial charge in [-0.25, -0.2) is 9.78 Å². The molecule has 1 heterocycles. The van der Waals surface area contributed by atoms with E-state index >= 15 is 0 Å². The fraction of sp³-hybridized carbons (Fsp3) is 0.353. The van der Waals surface area contributed by atoms with Crippen LogP contribution in [0.1, 0.15) is 29.1 Å². The maximum absolute atomic E-state index is 11.8. The summed E-state index contributed by atoms with van der Waals surface area (Å²) in [5, 5.41) is 23.1. The number of hydrogen-bond donors (Lipinski definition) is 3. The highest BCUT2D eigenvalue weighted by Gasteiger charge is 2.15. The van der Waals surface area contributed by atoms with Crippen LogP contribution in [0.4, 0.5) is 4.79 Å². The molecule has 0 saturated carbocycles. The molecule has 0 aliphatic heterocycles. The summed E-state index contributed by atoms with van der Waals surface area (Å²) in [6.45, 7) is 1.99. The molecule has 1 unspecified atom stereocenters. The Kier molecular flexibility index (Phi) is 6.35. The summed E-state index contributed by atoms with van der Waals surface area (Å²) in [6.07, 6.45) is 0.808. The molecule has 25 heavy (non-hydrogen) atoms. The van der Waals surface area contributed by atoms with Crippen molar-refractivity contribution in [2.24, 2.45) is 0 Å².